The van der Waals surface area contributed by atoms with Crippen LogP contribution in [0.3, 0.4) is 0 Å². The van der Waals surface area contributed by atoms with Crippen molar-refractivity contribution >= 4 is 29.2 Å². The second-order valence-electron chi connectivity index (χ2n) is 4.22. The van der Waals surface area contributed by atoms with Crippen molar-refractivity contribution in [2.75, 3.05) is 12.4 Å². The van der Waals surface area contributed by atoms with Crippen LogP contribution in [0.25, 0.3) is 0 Å². The van der Waals surface area contributed by atoms with Gasteiger partial charge >= 0.3 is 5.97 Å². The molecule has 2 aromatic carbocycles. The first-order valence-corrected chi connectivity index (χ1v) is 6.36. The Morgan fingerprint density at radius 3 is 2.33 bits per heavy atom. The minimum atomic E-state index is -1.11. The molecular formula is C15H12ClNO4. The van der Waals surface area contributed by atoms with Gasteiger partial charge in [0.25, 0.3) is 5.91 Å². The molecule has 0 spiro atoms. The van der Waals surface area contributed by atoms with Gasteiger partial charge in [-0.1, -0.05) is 11.6 Å². The van der Waals surface area contributed by atoms with Crippen molar-refractivity contribution in [2.45, 2.75) is 0 Å². The normalized spacial score (nSPS) is 10.0. The summed E-state index contributed by atoms with van der Waals surface area (Å²) < 4.78 is 5.01. The third-order valence-electron chi connectivity index (χ3n) is 2.75. The van der Waals surface area contributed by atoms with Crippen LogP contribution in [0.1, 0.15) is 20.7 Å². The quantitative estimate of drug-likeness (QED) is 0.908. The van der Waals surface area contributed by atoms with E-state index in [1.54, 1.807) is 24.3 Å². The molecule has 0 aliphatic rings. The largest absolute Gasteiger partial charge is 0.497 e. The zero-order valence-electron chi connectivity index (χ0n) is 11.1. The Labute approximate surface area is 126 Å². The lowest BCUT2D eigenvalue weighted by Gasteiger charge is -2.07. The predicted octanol–water partition coefficient (Wildman–Crippen LogP) is 3.30. The predicted molar refractivity (Wildman–Crippen MR) is 79.4 cm³/mol. The number of hydrogen-bond acceptors (Lipinski definition) is 3. The molecule has 2 aromatic rings. The zero-order valence-corrected chi connectivity index (χ0v) is 11.8. The lowest BCUT2D eigenvalue weighted by molar-refractivity contribution is 0.0696. The van der Waals surface area contributed by atoms with E-state index in [4.69, 9.17) is 21.4 Å². The van der Waals surface area contributed by atoms with E-state index in [1.165, 1.54) is 25.3 Å². The summed E-state index contributed by atoms with van der Waals surface area (Å²) in [6.45, 7) is 0. The third-order valence-corrected chi connectivity index (χ3v) is 2.97. The number of carboxylic acids is 1. The van der Waals surface area contributed by atoms with Crippen LogP contribution >= 0.6 is 11.6 Å². The number of amides is 1. The number of carboxylic acid groups (broad SMARTS) is 1. The number of halogens is 1. The van der Waals surface area contributed by atoms with Gasteiger partial charge in [0.05, 0.1) is 12.7 Å². The molecule has 1 amide bonds. The number of anilines is 1. The fourth-order valence-corrected chi connectivity index (χ4v) is 1.97. The van der Waals surface area contributed by atoms with Crippen LogP contribution in [0.5, 0.6) is 5.75 Å². The van der Waals surface area contributed by atoms with Crippen molar-refractivity contribution in [3.63, 3.8) is 0 Å². The number of methoxy groups -OCH3 is 1. The molecule has 6 heteroatoms. The SMILES string of the molecule is COc1ccc(C(=O)Nc2cc(Cl)cc(C(=O)O)c2)cc1. The van der Waals surface area contributed by atoms with Gasteiger partial charge in [-0.15, -0.1) is 0 Å². The molecule has 0 aliphatic carbocycles. The molecule has 21 heavy (non-hydrogen) atoms. The van der Waals surface area contributed by atoms with E-state index in [9.17, 15) is 9.59 Å². The Hall–Kier alpha value is -2.53. The van der Waals surface area contributed by atoms with Gasteiger partial charge in [-0.2, -0.15) is 0 Å². The monoisotopic (exact) mass is 305 g/mol. The Bertz CT molecular complexity index is 683. The Morgan fingerprint density at radius 1 is 1.10 bits per heavy atom. The molecule has 2 N–H and O–H groups in total. The van der Waals surface area contributed by atoms with Gasteiger partial charge in [-0.05, 0) is 42.5 Å². The number of rotatable bonds is 4. The molecule has 0 aliphatic heterocycles. The van der Waals surface area contributed by atoms with Crippen LogP contribution in [0.4, 0.5) is 5.69 Å². The minimum absolute atomic E-state index is 0.00697. The number of carbonyl (C=O) groups excluding carboxylic acids is 1. The topological polar surface area (TPSA) is 75.6 Å². The van der Waals surface area contributed by atoms with Crippen molar-refractivity contribution in [3.05, 3.63) is 58.6 Å². The fraction of sp³-hybridized carbons (Fsp3) is 0.0667. The van der Waals surface area contributed by atoms with Gasteiger partial charge in [0.2, 0.25) is 0 Å². The number of benzene rings is 2. The van der Waals surface area contributed by atoms with Gasteiger partial charge in [0.1, 0.15) is 5.75 Å². The van der Waals surface area contributed by atoms with Crippen molar-refractivity contribution in [2.24, 2.45) is 0 Å². The third kappa shape index (κ3) is 3.73. The molecule has 2 rings (SSSR count). The molecule has 0 aromatic heterocycles. The van der Waals surface area contributed by atoms with Crippen LogP contribution in [-0.4, -0.2) is 24.1 Å². The van der Waals surface area contributed by atoms with Crippen molar-refractivity contribution < 1.29 is 19.4 Å². The number of hydrogen-bond donors (Lipinski definition) is 2. The maximum absolute atomic E-state index is 12.1. The smallest absolute Gasteiger partial charge is 0.335 e. The Balaban J connectivity index is 2.20. The molecule has 0 bridgehead atoms. The second-order valence-corrected chi connectivity index (χ2v) is 4.65. The molecule has 5 nitrogen and oxygen atoms in total. The standard InChI is InChI=1S/C15H12ClNO4/c1-21-13-4-2-9(3-5-13)14(18)17-12-7-10(15(19)20)6-11(16)8-12/h2-8H,1H3,(H,17,18)(H,19,20). The van der Waals surface area contributed by atoms with E-state index < -0.39 is 5.97 Å². The molecule has 0 fully saturated rings. The van der Waals surface area contributed by atoms with Crippen LogP contribution in [-0.2, 0) is 0 Å². The lowest BCUT2D eigenvalue weighted by Crippen LogP contribution is -2.12. The first kappa shape index (κ1) is 14.9. The Kier molecular flexibility index (Phi) is 4.45. The molecule has 0 unspecified atom stereocenters. The van der Waals surface area contributed by atoms with Crippen LogP contribution in [0.2, 0.25) is 5.02 Å². The van der Waals surface area contributed by atoms with Gasteiger partial charge in [0, 0.05) is 16.3 Å². The van der Waals surface area contributed by atoms with Gasteiger partial charge < -0.3 is 15.2 Å². The van der Waals surface area contributed by atoms with E-state index in [-0.39, 0.29) is 16.5 Å². The average Bonchev–Trinajstić information content (AvgIpc) is 2.46. The molecule has 0 radical (unpaired) electrons. The summed E-state index contributed by atoms with van der Waals surface area (Å²) in [5, 5.41) is 11.8. The van der Waals surface area contributed by atoms with E-state index in [2.05, 4.69) is 5.32 Å². The molecule has 108 valence electrons. The summed E-state index contributed by atoms with van der Waals surface area (Å²) in [6.07, 6.45) is 0. The molecule has 0 saturated carbocycles. The summed E-state index contributed by atoms with van der Waals surface area (Å²) in [5.41, 5.74) is 0.751. The van der Waals surface area contributed by atoms with Crippen molar-refractivity contribution in [1.82, 2.24) is 0 Å². The summed E-state index contributed by atoms with van der Waals surface area (Å²) >= 11 is 5.83. The highest BCUT2D eigenvalue weighted by atomic mass is 35.5. The van der Waals surface area contributed by atoms with Gasteiger partial charge in [-0.25, -0.2) is 4.79 Å². The van der Waals surface area contributed by atoms with Gasteiger partial charge in [0.15, 0.2) is 0 Å². The number of carbonyl (C=O) groups is 2. The summed E-state index contributed by atoms with van der Waals surface area (Å²) in [6, 6.07) is 10.7. The van der Waals surface area contributed by atoms with Crippen molar-refractivity contribution in [1.29, 1.82) is 0 Å². The number of aromatic carboxylic acids is 1. The van der Waals surface area contributed by atoms with E-state index in [1.807, 2.05) is 0 Å². The summed E-state index contributed by atoms with van der Waals surface area (Å²) in [4.78, 5) is 23.0. The highest BCUT2D eigenvalue weighted by Crippen LogP contribution is 2.20. The summed E-state index contributed by atoms with van der Waals surface area (Å²) in [7, 11) is 1.54. The first-order chi connectivity index (χ1) is 9.99. The van der Waals surface area contributed by atoms with E-state index >= 15 is 0 Å². The van der Waals surface area contributed by atoms with E-state index in [0.717, 1.165) is 0 Å². The maximum atomic E-state index is 12.1. The first-order valence-electron chi connectivity index (χ1n) is 5.99. The average molecular weight is 306 g/mol. The van der Waals surface area contributed by atoms with Crippen molar-refractivity contribution in [3.8, 4) is 5.75 Å². The minimum Gasteiger partial charge on any atom is -0.497 e. The molecule has 0 saturated heterocycles. The van der Waals surface area contributed by atoms with Crippen LogP contribution < -0.4 is 10.1 Å². The van der Waals surface area contributed by atoms with Crippen LogP contribution in [0, 0.1) is 0 Å². The van der Waals surface area contributed by atoms with E-state index in [0.29, 0.717) is 17.0 Å². The second kappa shape index (κ2) is 6.28. The lowest BCUT2D eigenvalue weighted by atomic mass is 10.1. The number of nitrogens with one attached hydrogen (secondary N) is 1. The highest BCUT2D eigenvalue weighted by Gasteiger charge is 2.10. The summed E-state index contributed by atoms with van der Waals surface area (Å²) in [5.74, 6) is -0.837. The molecule has 0 heterocycles. The van der Waals surface area contributed by atoms with Gasteiger partial charge in [-0.3, -0.25) is 4.79 Å². The van der Waals surface area contributed by atoms with Crippen LogP contribution in [0.15, 0.2) is 42.5 Å². The Morgan fingerprint density at radius 2 is 1.76 bits per heavy atom. The molecular weight excluding hydrogens is 294 g/mol. The number of ether oxygens (including phenoxy) is 1. The maximum Gasteiger partial charge on any atom is 0.335 e. The highest BCUT2D eigenvalue weighted by molar-refractivity contribution is 6.31. The fourth-order valence-electron chi connectivity index (χ4n) is 1.73. The zero-order chi connectivity index (χ0) is 15.4. The molecule has 0 atom stereocenters.